The van der Waals surface area contributed by atoms with Crippen LogP contribution in [0.2, 0.25) is 5.02 Å². The van der Waals surface area contributed by atoms with Crippen LogP contribution in [0.5, 0.6) is 0 Å². The minimum Gasteiger partial charge on any atom is -0.353 e. The van der Waals surface area contributed by atoms with Gasteiger partial charge in [-0.05, 0) is 36.8 Å². The lowest BCUT2D eigenvalue weighted by Crippen LogP contribution is -2.50. The molecule has 0 atom stereocenters. The molecule has 9 heteroatoms. The number of halogens is 1. The molecular formula is C17H18ClN5O3. The van der Waals surface area contributed by atoms with Crippen LogP contribution in [0.4, 0.5) is 22.0 Å². The van der Waals surface area contributed by atoms with Gasteiger partial charge in [0.05, 0.1) is 4.92 Å². The second-order valence-corrected chi connectivity index (χ2v) is 6.44. The maximum atomic E-state index is 12.4. The van der Waals surface area contributed by atoms with Crippen molar-refractivity contribution in [2.45, 2.75) is 6.92 Å². The highest BCUT2D eigenvalue weighted by molar-refractivity contribution is 6.30. The Morgan fingerprint density at radius 1 is 1.23 bits per heavy atom. The number of amides is 2. The van der Waals surface area contributed by atoms with Crippen molar-refractivity contribution in [3.63, 3.8) is 0 Å². The molecule has 2 heterocycles. The van der Waals surface area contributed by atoms with E-state index < -0.39 is 4.92 Å². The maximum Gasteiger partial charge on any atom is 0.321 e. The molecule has 0 radical (unpaired) electrons. The third-order valence-electron chi connectivity index (χ3n) is 4.21. The zero-order valence-electron chi connectivity index (χ0n) is 14.2. The minimum absolute atomic E-state index is 0.0211. The molecule has 1 aliphatic rings. The fraction of sp³-hybridized carbons (Fsp3) is 0.294. The fourth-order valence-corrected chi connectivity index (χ4v) is 2.97. The molecule has 0 bridgehead atoms. The summed E-state index contributed by atoms with van der Waals surface area (Å²) in [6.07, 6.45) is 1.27. The Morgan fingerprint density at radius 3 is 2.46 bits per heavy atom. The molecule has 0 spiro atoms. The summed E-state index contributed by atoms with van der Waals surface area (Å²) in [7, 11) is 0. The summed E-state index contributed by atoms with van der Waals surface area (Å²) in [5, 5.41) is 14.3. The zero-order valence-corrected chi connectivity index (χ0v) is 14.9. The molecule has 1 aromatic heterocycles. The number of hydrogen-bond donors (Lipinski definition) is 1. The number of benzene rings is 1. The Kier molecular flexibility index (Phi) is 5.22. The highest BCUT2D eigenvalue weighted by Crippen LogP contribution is 2.23. The number of aromatic nitrogens is 1. The number of aryl methyl sites for hydroxylation is 1. The molecule has 1 N–H and O–H groups in total. The van der Waals surface area contributed by atoms with Gasteiger partial charge in [-0.1, -0.05) is 11.6 Å². The molecule has 1 fully saturated rings. The Bertz CT molecular complexity index is 820. The molecule has 1 aromatic carbocycles. The van der Waals surface area contributed by atoms with Gasteiger partial charge in [-0.2, -0.15) is 0 Å². The first kappa shape index (κ1) is 17.9. The second-order valence-electron chi connectivity index (χ2n) is 6.00. The highest BCUT2D eigenvalue weighted by atomic mass is 35.5. The van der Waals surface area contributed by atoms with Gasteiger partial charge in [-0.25, -0.2) is 9.78 Å². The monoisotopic (exact) mass is 375 g/mol. The van der Waals surface area contributed by atoms with Crippen molar-refractivity contribution in [1.29, 1.82) is 0 Å². The van der Waals surface area contributed by atoms with Gasteiger partial charge in [0, 0.05) is 43.0 Å². The predicted octanol–water partition coefficient (Wildman–Crippen LogP) is 3.31. The number of carbonyl (C=O) groups is 1. The van der Waals surface area contributed by atoms with Crippen LogP contribution in [0, 0.1) is 17.0 Å². The smallest absolute Gasteiger partial charge is 0.321 e. The number of nitro groups is 1. The number of hydrogen-bond acceptors (Lipinski definition) is 5. The Labute approximate surface area is 155 Å². The molecule has 8 nitrogen and oxygen atoms in total. The summed E-state index contributed by atoms with van der Waals surface area (Å²) in [6.45, 7) is 4.10. The predicted molar refractivity (Wildman–Crippen MR) is 99.9 cm³/mol. The average Bonchev–Trinajstić information content (AvgIpc) is 2.63. The van der Waals surface area contributed by atoms with Crippen molar-refractivity contribution in [1.82, 2.24) is 9.88 Å². The Balaban J connectivity index is 1.59. The van der Waals surface area contributed by atoms with Crippen LogP contribution < -0.4 is 10.2 Å². The number of carbonyl (C=O) groups excluding carboxylic acids is 1. The topological polar surface area (TPSA) is 91.6 Å². The van der Waals surface area contributed by atoms with Crippen LogP contribution in [0.15, 0.2) is 36.5 Å². The van der Waals surface area contributed by atoms with E-state index >= 15 is 0 Å². The minimum atomic E-state index is -0.456. The lowest BCUT2D eigenvalue weighted by atomic mass is 10.2. The van der Waals surface area contributed by atoms with Crippen LogP contribution >= 0.6 is 11.6 Å². The fourth-order valence-electron chi connectivity index (χ4n) is 2.84. The number of nitrogens with one attached hydrogen (secondary N) is 1. The van der Waals surface area contributed by atoms with Crippen molar-refractivity contribution in [3.8, 4) is 0 Å². The zero-order chi connectivity index (χ0) is 18.7. The van der Waals surface area contributed by atoms with E-state index in [4.69, 9.17) is 11.6 Å². The van der Waals surface area contributed by atoms with Crippen LogP contribution in [0.1, 0.15) is 5.56 Å². The first-order valence-corrected chi connectivity index (χ1v) is 8.49. The Morgan fingerprint density at radius 2 is 1.88 bits per heavy atom. The summed E-state index contributed by atoms with van der Waals surface area (Å²) in [4.78, 5) is 30.7. The van der Waals surface area contributed by atoms with E-state index in [0.29, 0.717) is 42.7 Å². The number of piperazine rings is 1. The summed E-state index contributed by atoms with van der Waals surface area (Å²) < 4.78 is 0. The van der Waals surface area contributed by atoms with E-state index in [-0.39, 0.29) is 11.7 Å². The van der Waals surface area contributed by atoms with Crippen molar-refractivity contribution in [2.24, 2.45) is 0 Å². The van der Waals surface area contributed by atoms with Crippen LogP contribution in [0.25, 0.3) is 0 Å². The average molecular weight is 376 g/mol. The normalized spacial score (nSPS) is 14.2. The first-order chi connectivity index (χ1) is 12.4. The van der Waals surface area contributed by atoms with Gasteiger partial charge in [0.25, 0.3) is 5.69 Å². The van der Waals surface area contributed by atoms with E-state index in [9.17, 15) is 14.9 Å². The largest absolute Gasteiger partial charge is 0.353 e. The third kappa shape index (κ3) is 4.02. The second kappa shape index (κ2) is 7.57. The van der Waals surface area contributed by atoms with E-state index in [1.54, 1.807) is 36.1 Å². The molecule has 2 amide bonds. The summed E-state index contributed by atoms with van der Waals surface area (Å²) in [5.41, 5.74) is 1.42. The first-order valence-electron chi connectivity index (χ1n) is 8.11. The number of anilines is 2. The van der Waals surface area contributed by atoms with Gasteiger partial charge in [0.15, 0.2) is 0 Å². The highest BCUT2D eigenvalue weighted by Gasteiger charge is 2.23. The SMILES string of the molecule is Cc1cc([N+](=O)[O-])cnc1N1CCN(C(=O)Nc2ccc(Cl)cc2)CC1. The number of nitrogens with zero attached hydrogens (tertiary/aromatic N) is 4. The van der Waals surface area contributed by atoms with E-state index in [0.717, 1.165) is 5.56 Å². The molecule has 3 rings (SSSR count). The van der Waals surface area contributed by atoms with Crippen LogP contribution in [-0.2, 0) is 0 Å². The van der Waals surface area contributed by atoms with Gasteiger partial charge in [0.2, 0.25) is 0 Å². The van der Waals surface area contributed by atoms with Crippen LogP contribution in [-0.4, -0.2) is 47.0 Å². The summed E-state index contributed by atoms with van der Waals surface area (Å²) in [6, 6.07) is 8.29. The van der Waals surface area contributed by atoms with Gasteiger partial charge in [0.1, 0.15) is 12.0 Å². The molecule has 0 aliphatic carbocycles. The lowest BCUT2D eigenvalue weighted by Gasteiger charge is -2.35. The van der Waals surface area contributed by atoms with Crippen molar-refractivity contribution in [2.75, 3.05) is 36.4 Å². The maximum absolute atomic E-state index is 12.4. The Hall–Kier alpha value is -2.87. The van der Waals surface area contributed by atoms with Gasteiger partial charge in [-0.3, -0.25) is 10.1 Å². The van der Waals surface area contributed by atoms with E-state index in [2.05, 4.69) is 10.3 Å². The molecular weight excluding hydrogens is 358 g/mol. The molecule has 26 heavy (non-hydrogen) atoms. The van der Waals surface area contributed by atoms with Crippen molar-refractivity contribution < 1.29 is 9.72 Å². The third-order valence-corrected chi connectivity index (χ3v) is 4.46. The lowest BCUT2D eigenvalue weighted by molar-refractivity contribution is -0.385. The van der Waals surface area contributed by atoms with E-state index in [1.807, 2.05) is 4.90 Å². The molecule has 2 aromatic rings. The van der Waals surface area contributed by atoms with Gasteiger partial charge in [-0.15, -0.1) is 0 Å². The van der Waals surface area contributed by atoms with Gasteiger partial charge < -0.3 is 15.1 Å². The molecule has 1 aliphatic heterocycles. The molecule has 0 unspecified atom stereocenters. The molecule has 0 saturated carbocycles. The number of pyridine rings is 1. The quantitative estimate of drug-likeness (QED) is 0.656. The number of urea groups is 1. The standard InChI is InChI=1S/C17H18ClN5O3/c1-12-10-15(23(25)26)11-19-16(12)21-6-8-22(9-7-21)17(24)20-14-4-2-13(18)3-5-14/h2-5,10-11H,6-9H2,1H3,(H,20,24). The van der Waals surface area contributed by atoms with Crippen LogP contribution in [0.3, 0.4) is 0 Å². The molecule has 136 valence electrons. The van der Waals surface area contributed by atoms with Crippen molar-refractivity contribution in [3.05, 3.63) is 57.2 Å². The van der Waals surface area contributed by atoms with Crippen molar-refractivity contribution >= 4 is 34.8 Å². The summed E-state index contributed by atoms with van der Waals surface area (Å²) in [5.74, 6) is 0.716. The summed E-state index contributed by atoms with van der Waals surface area (Å²) >= 11 is 5.84. The van der Waals surface area contributed by atoms with Gasteiger partial charge >= 0.3 is 6.03 Å². The van der Waals surface area contributed by atoms with E-state index in [1.165, 1.54) is 12.3 Å². The number of rotatable bonds is 3. The molecule has 1 saturated heterocycles.